The van der Waals surface area contributed by atoms with Gasteiger partial charge in [0.05, 0.1) is 11.7 Å². The Balaban J connectivity index is 1.43. The molecule has 126 valence electrons. The molecule has 1 aromatic carbocycles. The third-order valence-electron chi connectivity index (χ3n) is 4.99. The number of carbonyl (C=O) groups excluding carboxylic acids is 1. The van der Waals surface area contributed by atoms with Crippen molar-refractivity contribution in [3.05, 3.63) is 40.7 Å². The van der Waals surface area contributed by atoms with Crippen LogP contribution in [0.2, 0.25) is 0 Å². The summed E-state index contributed by atoms with van der Waals surface area (Å²) in [4.78, 5) is 28.9. The first-order valence-corrected chi connectivity index (χ1v) is 8.66. The van der Waals surface area contributed by atoms with E-state index in [0.717, 1.165) is 32.1 Å². The lowest BCUT2D eigenvalue weighted by molar-refractivity contribution is -0.133. The fourth-order valence-corrected chi connectivity index (χ4v) is 3.36. The van der Waals surface area contributed by atoms with Gasteiger partial charge in [-0.05, 0) is 30.9 Å². The molecule has 1 amide bonds. The van der Waals surface area contributed by atoms with Crippen LogP contribution in [0.25, 0.3) is 10.9 Å². The Bertz CT molecular complexity index is 804. The minimum Gasteiger partial charge on any atom is -0.339 e. The quantitative estimate of drug-likeness (QED) is 0.839. The summed E-state index contributed by atoms with van der Waals surface area (Å²) >= 11 is 0. The lowest BCUT2D eigenvalue weighted by atomic mass is 10.2. The molecule has 0 unspecified atom stereocenters. The van der Waals surface area contributed by atoms with Crippen molar-refractivity contribution in [2.45, 2.75) is 19.4 Å². The van der Waals surface area contributed by atoms with Gasteiger partial charge < -0.3 is 4.90 Å². The highest BCUT2D eigenvalue weighted by Gasteiger charge is 2.27. The number of piperazine rings is 1. The van der Waals surface area contributed by atoms with Gasteiger partial charge in [-0.1, -0.05) is 12.1 Å². The Kier molecular flexibility index (Phi) is 4.06. The Morgan fingerprint density at radius 1 is 1.12 bits per heavy atom. The zero-order chi connectivity index (χ0) is 16.5. The zero-order valence-electron chi connectivity index (χ0n) is 13.7. The molecule has 1 saturated carbocycles. The smallest absolute Gasteiger partial charge is 0.244 e. The van der Waals surface area contributed by atoms with Crippen molar-refractivity contribution in [1.29, 1.82) is 0 Å². The van der Waals surface area contributed by atoms with Crippen molar-refractivity contribution in [3.8, 4) is 0 Å². The standard InChI is InChI=1S/C18H22N4O2/c23-17-11-19-22(16-4-2-1-3-15(16)17)13-18(24)21-9-7-20(8-10-21)12-14-5-6-14/h1-4,11,14H,5-10,12-13H2. The molecule has 0 spiro atoms. The number of amides is 1. The fourth-order valence-electron chi connectivity index (χ4n) is 3.36. The van der Waals surface area contributed by atoms with Crippen LogP contribution in [0.15, 0.2) is 35.3 Å². The number of hydrogen-bond acceptors (Lipinski definition) is 4. The van der Waals surface area contributed by atoms with E-state index in [4.69, 9.17) is 0 Å². The molecule has 0 N–H and O–H groups in total. The lowest BCUT2D eigenvalue weighted by Crippen LogP contribution is -2.50. The largest absolute Gasteiger partial charge is 0.339 e. The van der Waals surface area contributed by atoms with Crippen molar-refractivity contribution in [1.82, 2.24) is 19.6 Å². The van der Waals surface area contributed by atoms with Crippen molar-refractivity contribution in [2.24, 2.45) is 5.92 Å². The second kappa shape index (κ2) is 6.36. The number of rotatable bonds is 4. The fraction of sp³-hybridized carbons (Fsp3) is 0.500. The highest BCUT2D eigenvalue weighted by molar-refractivity contribution is 5.81. The number of para-hydroxylation sites is 1. The van der Waals surface area contributed by atoms with Crippen LogP contribution in [-0.4, -0.2) is 58.2 Å². The van der Waals surface area contributed by atoms with Gasteiger partial charge in [-0.15, -0.1) is 0 Å². The summed E-state index contributed by atoms with van der Waals surface area (Å²) in [5, 5.41) is 4.76. The Labute approximate surface area is 140 Å². The number of hydrogen-bond donors (Lipinski definition) is 0. The van der Waals surface area contributed by atoms with Crippen molar-refractivity contribution >= 4 is 16.8 Å². The van der Waals surface area contributed by atoms with Gasteiger partial charge in [0.1, 0.15) is 6.54 Å². The number of nitrogens with zero attached hydrogens (tertiary/aromatic N) is 4. The van der Waals surface area contributed by atoms with E-state index in [1.807, 2.05) is 23.1 Å². The van der Waals surface area contributed by atoms with E-state index in [2.05, 4.69) is 10.00 Å². The SMILES string of the molecule is O=C(Cn1ncc(=O)c2ccccc21)N1CCN(CC2CC2)CC1. The molecular weight excluding hydrogens is 304 g/mol. The van der Waals surface area contributed by atoms with Crippen LogP contribution in [0.5, 0.6) is 0 Å². The summed E-state index contributed by atoms with van der Waals surface area (Å²) in [6.45, 7) is 4.85. The van der Waals surface area contributed by atoms with E-state index in [9.17, 15) is 9.59 Å². The molecule has 2 aliphatic rings. The molecule has 0 radical (unpaired) electrons. The molecule has 4 rings (SSSR count). The molecule has 1 aromatic heterocycles. The van der Waals surface area contributed by atoms with E-state index in [0.29, 0.717) is 10.9 Å². The average Bonchev–Trinajstić information content (AvgIpc) is 3.42. The third kappa shape index (κ3) is 3.19. The first-order valence-electron chi connectivity index (χ1n) is 8.66. The normalized spacial score (nSPS) is 18.9. The van der Waals surface area contributed by atoms with Gasteiger partial charge in [-0.2, -0.15) is 5.10 Å². The number of benzene rings is 1. The Morgan fingerprint density at radius 2 is 1.88 bits per heavy atom. The van der Waals surface area contributed by atoms with Crippen LogP contribution >= 0.6 is 0 Å². The van der Waals surface area contributed by atoms with Crippen LogP contribution in [0.3, 0.4) is 0 Å². The van der Waals surface area contributed by atoms with E-state index >= 15 is 0 Å². The highest BCUT2D eigenvalue weighted by atomic mass is 16.2. The lowest BCUT2D eigenvalue weighted by Gasteiger charge is -2.34. The minimum atomic E-state index is -0.108. The maximum atomic E-state index is 12.6. The molecule has 1 aliphatic carbocycles. The second-order valence-electron chi connectivity index (χ2n) is 6.81. The van der Waals surface area contributed by atoms with Crippen LogP contribution in [0, 0.1) is 5.92 Å². The van der Waals surface area contributed by atoms with E-state index in [-0.39, 0.29) is 17.9 Å². The predicted molar refractivity (Wildman–Crippen MR) is 91.7 cm³/mol. The first kappa shape index (κ1) is 15.3. The van der Waals surface area contributed by atoms with Gasteiger partial charge in [-0.25, -0.2) is 0 Å². The van der Waals surface area contributed by atoms with E-state index in [1.54, 1.807) is 10.7 Å². The Morgan fingerprint density at radius 3 is 2.62 bits per heavy atom. The average molecular weight is 326 g/mol. The molecule has 1 aliphatic heterocycles. The summed E-state index contributed by atoms with van der Waals surface area (Å²) < 4.78 is 1.63. The van der Waals surface area contributed by atoms with Gasteiger partial charge >= 0.3 is 0 Å². The van der Waals surface area contributed by atoms with Crippen molar-refractivity contribution in [2.75, 3.05) is 32.7 Å². The van der Waals surface area contributed by atoms with Crippen LogP contribution in [0.4, 0.5) is 0 Å². The van der Waals surface area contributed by atoms with E-state index in [1.165, 1.54) is 25.6 Å². The van der Waals surface area contributed by atoms with Gasteiger partial charge in [-0.3, -0.25) is 19.2 Å². The minimum absolute atomic E-state index is 0.0716. The maximum absolute atomic E-state index is 12.6. The van der Waals surface area contributed by atoms with Crippen LogP contribution in [-0.2, 0) is 11.3 Å². The Hall–Kier alpha value is -2.21. The number of aromatic nitrogens is 2. The van der Waals surface area contributed by atoms with Crippen molar-refractivity contribution < 1.29 is 4.79 Å². The number of fused-ring (bicyclic) bond motifs is 1. The molecule has 6 heteroatoms. The topological polar surface area (TPSA) is 58.4 Å². The first-order chi connectivity index (χ1) is 11.7. The summed E-state index contributed by atoms with van der Waals surface area (Å²) in [5.74, 6) is 0.964. The van der Waals surface area contributed by atoms with Gasteiger partial charge in [0.15, 0.2) is 0 Å². The van der Waals surface area contributed by atoms with Gasteiger partial charge in [0.25, 0.3) is 0 Å². The monoisotopic (exact) mass is 326 g/mol. The van der Waals surface area contributed by atoms with Crippen molar-refractivity contribution in [3.63, 3.8) is 0 Å². The summed E-state index contributed by atoms with van der Waals surface area (Å²) in [7, 11) is 0. The molecule has 24 heavy (non-hydrogen) atoms. The second-order valence-corrected chi connectivity index (χ2v) is 6.81. The molecule has 1 saturated heterocycles. The zero-order valence-corrected chi connectivity index (χ0v) is 13.7. The predicted octanol–water partition coefficient (Wildman–Crippen LogP) is 0.951. The molecule has 0 bridgehead atoms. The van der Waals surface area contributed by atoms with Crippen LogP contribution in [0.1, 0.15) is 12.8 Å². The van der Waals surface area contributed by atoms with Gasteiger partial charge in [0.2, 0.25) is 11.3 Å². The van der Waals surface area contributed by atoms with Gasteiger partial charge in [0, 0.05) is 38.1 Å². The van der Waals surface area contributed by atoms with E-state index < -0.39 is 0 Å². The maximum Gasteiger partial charge on any atom is 0.244 e. The number of carbonyl (C=O) groups is 1. The summed E-state index contributed by atoms with van der Waals surface area (Å²) in [6, 6.07) is 7.30. The van der Waals surface area contributed by atoms with Crippen LogP contribution < -0.4 is 5.43 Å². The summed E-state index contributed by atoms with van der Waals surface area (Å²) in [6.07, 6.45) is 4.03. The molecule has 2 heterocycles. The molecule has 0 atom stereocenters. The highest BCUT2D eigenvalue weighted by Crippen LogP contribution is 2.29. The molecule has 6 nitrogen and oxygen atoms in total. The molecule has 2 aromatic rings. The third-order valence-corrected chi connectivity index (χ3v) is 4.99. The molecule has 2 fully saturated rings. The molecular formula is C18H22N4O2. The summed E-state index contributed by atoms with van der Waals surface area (Å²) in [5.41, 5.74) is 0.605.